The first-order chi connectivity index (χ1) is 22.3. The summed E-state index contributed by atoms with van der Waals surface area (Å²) in [5, 5.41) is 7.33. The van der Waals surface area contributed by atoms with Gasteiger partial charge in [-0.1, -0.05) is 109 Å². The van der Waals surface area contributed by atoms with Crippen LogP contribution in [0.3, 0.4) is 0 Å². The maximum atomic E-state index is 6.83. The Bertz CT molecular complexity index is 2740. The molecule has 0 saturated carbocycles. The summed E-state index contributed by atoms with van der Waals surface area (Å²) in [7, 11) is 0. The van der Waals surface area contributed by atoms with Crippen LogP contribution in [0.4, 0.5) is 0 Å². The summed E-state index contributed by atoms with van der Waals surface area (Å²) >= 11 is 1.86. The highest BCUT2D eigenvalue weighted by atomic mass is 32.1. The summed E-state index contributed by atoms with van der Waals surface area (Å²) < 4.78 is 11.8. The van der Waals surface area contributed by atoms with Crippen LogP contribution in [0.15, 0.2) is 156 Å². The molecule has 0 radical (unpaired) electrons. The molecule has 2 nitrogen and oxygen atoms in total. The van der Waals surface area contributed by atoms with Gasteiger partial charge < -0.3 is 8.98 Å². The monoisotopic (exact) mass is 591 g/mol. The fourth-order valence-electron chi connectivity index (χ4n) is 7.15. The molecule has 0 bridgehead atoms. The summed E-state index contributed by atoms with van der Waals surface area (Å²) in [4.78, 5) is 0. The number of furan rings is 1. The van der Waals surface area contributed by atoms with Gasteiger partial charge in [-0.15, -0.1) is 11.3 Å². The van der Waals surface area contributed by atoms with Crippen molar-refractivity contribution in [1.29, 1.82) is 0 Å². The lowest BCUT2D eigenvalue weighted by Gasteiger charge is -2.11. The Labute approximate surface area is 263 Å². The lowest BCUT2D eigenvalue weighted by Crippen LogP contribution is -1.94. The van der Waals surface area contributed by atoms with E-state index in [1.807, 2.05) is 11.3 Å². The van der Waals surface area contributed by atoms with Crippen molar-refractivity contribution in [1.82, 2.24) is 4.57 Å². The quantitative estimate of drug-likeness (QED) is 0.200. The van der Waals surface area contributed by atoms with Gasteiger partial charge in [-0.2, -0.15) is 0 Å². The molecule has 3 heteroatoms. The molecule has 0 amide bonds. The maximum absolute atomic E-state index is 6.83. The maximum Gasteiger partial charge on any atom is 0.160 e. The van der Waals surface area contributed by atoms with Gasteiger partial charge in [0.15, 0.2) is 5.58 Å². The highest BCUT2D eigenvalue weighted by Crippen LogP contribution is 2.46. The number of hydrogen-bond acceptors (Lipinski definition) is 2. The molecule has 10 rings (SSSR count). The third kappa shape index (κ3) is 3.62. The van der Waals surface area contributed by atoms with Crippen molar-refractivity contribution >= 4 is 75.3 Å². The van der Waals surface area contributed by atoms with Crippen molar-refractivity contribution in [2.75, 3.05) is 0 Å². The number of aromatic nitrogens is 1. The lowest BCUT2D eigenvalue weighted by molar-refractivity contribution is 0.671. The molecule has 0 aliphatic rings. The third-order valence-corrected chi connectivity index (χ3v) is 10.3. The van der Waals surface area contributed by atoms with Crippen LogP contribution >= 0.6 is 11.3 Å². The zero-order valence-electron chi connectivity index (χ0n) is 24.2. The normalized spacial score (nSPS) is 12.0. The van der Waals surface area contributed by atoms with Crippen LogP contribution in [0.2, 0.25) is 0 Å². The topological polar surface area (TPSA) is 18.1 Å². The summed E-state index contributed by atoms with van der Waals surface area (Å²) in [5.41, 5.74) is 10.0. The molecule has 210 valence electrons. The van der Waals surface area contributed by atoms with E-state index in [0.717, 1.165) is 33.1 Å². The van der Waals surface area contributed by atoms with Gasteiger partial charge >= 0.3 is 0 Å². The van der Waals surface area contributed by atoms with E-state index >= 15 is 0 Å². The highest BCUT2D eigenvalue weighted by molar-refractivity contribution is 7.25. The second kappa shape index (κ2) is 9.43. The van der Waals surface area contributed by atoms with Gasteiger partial charge in [0, 0.05) is 47.4 Å². The number of rotatable bonds is 3. The van der Waals surface area contributed by atoms with Crippen LogP contribution in [-0.2, 0) is 0 Å². The Morgan fingerprint density at radius 3 is 2.00 bits per heavy atom. The molecule has 0 saturated heterocycles. The average Bonchev–Trinajstić information content (AvgIpc) is 3.78. The van der Waals surface area contributed by atoms with E-state index in [-0.39, 0.29) is 0 Å². The van der Waals surface area contributed by atoms with Crippen molar-refractivity contribution < 1.29 is 4.42 Å². The number of thiophene rings is 1. The highest BCUT2D eigenvalue weighted by Gasteiger charge is 2.23. The van der Waals surface area contributed by atoms with Crippen molar-refractivity contribution in [3.8, 4) is 27.9 Å². The molecule has 45 heavy (non-hydrogen) atoms. The SMILES string of the molecule is c1ccc(-c2ccc(-n3c4ccccc4c4cc(-c5ccc6c(c5)sc5ccccc56)c5c6ccccc6oc5c43)cc2)cc1. The summed E-state index contributed by atoms with van der Waals surface area (Å²) in [6.07, 6.45) is 0. The molecule has 0 spiro atoms. The smallest absolute Gasteiger partial charge is 0.160 e. The van der Waals surface area contributed by atoms with E-state index in [4.69, 9.17) is 4.42 Å². The Morgan fingerprint density at radius 1 is 0.467 bits per heavy atom. The van der Waals surface area contributed by atoms with E-state index in [1.165, 1.54) is 58.7 Å². The first kappa shape index (κ1) is 24.8. The molecule has 10 aromatic rings. The minimum Gasteiger partial charge on any atom is -0.454 e. The molecular weight excluding hydrogens is 567 g/mol. The fourth-order valence-corrected chi connectivity index (χ4v) is 8.30. The number of nitrogens with zero attached hydrogens (tertiary/aromatic N) is 1. The lowest BCUT2D eigenvalue weighted by atomic mass is 9.96. The van der Waals surface area contributed by atoms with Gasteiger partial charge in [0.25, 0.3) is 0 Å². The van der Waals surface area contributed by atoms with Crippen LogP contribution < -0.4 is 0 Å². The molecule has 3 heterocycles. The molecule has 0 aliphatic carbocycles. The summed E-state index contributed by atoms with van der Waals surface area (Å²) in [6, 6.07) is 54.6. The van der Waals surface area contributed by atoms with Gasteiger partial charge in [-0.05, 0) is 64.7 Å². The Morgan fingerprint density at radius 2 is 1.13 bits per heavy atom. The Balaban J connectivity index is 1.30. The van der Waals surface area contributed by atoms with Crippen LogP contribution in [0, 0.1) is 0 Å². The molecule has 7 aromatic carbocycles. The molecule has 0 fully saturated rings. The zero-order valence-corrected chi connectivity index (χ0v) is 25.0. The summed E-state index contributed by atoms with van der Waals surface area (Å²) in [5.74, 6) is 0. The first-order valence-corrected chi connectivity index (χ1v) is 16.1. The van der Waals surface area contributed by atoms with Crippen LogP contribution in [-0.4, -0.2) is 4.57 Å². The molecule has 0 N–H and O–H groups in total. The van der Waals surface area contributed by atoms with E-state index in [2.05, 4.69) is 156 Å². The Kier molecular flexibility index (Phi) is 5.19. The molecule has 3 aromatic heterocycles. The van der Waals surface area contributed by atoms with Crippen LogP contribution in [0.1, 0.15) is 0 Å². The largest absolute Gasteiger partial charge is 0.454 e. The van der Waals surface area contributed by atoms with Gasteiger partial charge in [-0.25, -0.2) is 0 Å². The second-order valence-electron chi connectivity index (χ2n) is 11.7. The van der Waals surface area contributed by atoms with E-state index in [1.54, 1.807) is 0 Å². The van der Waals surface area contributed by atoms with Crippen molar-refractivity contribution in [2.24, 2.45) is 0 Å². The number of fused-ring (bicyclic) bond motifs is 10. The van der Waals surface area contributed by atoms with Crippen LogP contribution in [0.5, 0.6) is 0 Å². The fraction of sp³-hybridized carbons (Fsp3) is 0. The molecule has 0 unspecified atom stereocenters. The predicted octanol–water partition coefficient (Wildman–Crippen LogP) is 12.4. The first-order valence-electron chi connectivity index (χ1n) is 15.3. The van der Waals surface area contributed by atoms with Crippen molar-refractivity contribution in [2.45, 2.75) is 0 Å². The third-order valence-electron chi connectivity index (χ3n) is 9.20. The van der Waals surface area contributed by atoms with Crippen molar-refractivity contribution in [3.63, 3.8) is 0 Å². The average molecular weight is 592 g/mol. The van der Waals surface area contributed by atoms with Gasteiger partial charge in [0.05, 0.1) is 11.0 Å². The van der Waals surface area contributed by atoms with Gasteiger partial charge in [0.1, 0.15) is 5.58 Å². The van der Waals surface area contributed by atoms with Gasteiger partial charge in [-0.3, -0.25) is 0 Å². The number of benzene rings is 7. The minimum atomic E-state index is 0.903. The minimum absolute atomic E-state index is 0.903. The van der Waals surface area contributed by atoms with E-state index < -0.39 is 0 Å². The summed E-state index contributed by atoms with van der Waals surface area (Å²) in [6.45, 7) is 0. The standard InChI is InChI=1S/C42H25NOS/c1-2-10-26(11-3-1)27-18-21-29(22-19-27)43-36-15-7-4-12-30(36)35-25-34(40-33-14-5-8-16-37(33)44-42(40)41(35)43)28-20-23-32-31-13-6-9-17-38(31)45-39(32)24-28/h1-25H. The van der Waals surface area contributed by atoms with Crippen LogP contribution in [0.25, 0.3) is 91.9 Å². The van der Waals surface area contributed by atoms with Gasteiger partial charge in [0.2, 0.25) is 0 Å². The van der Waals surface area contributed by atoms with E-state index in [9.17, 15) is 0 Å². The predicted molar refractivity (Wildman–Crippen MR) is 192 cm³/mol. The molecule has 0 aliphatic heterocycles. The second-order valence-corrected chi connectivity index (χ2v) is 12.8. The molecule has 0 atom stereocenters. The Hall–Kier alpha value is -5.64. The number of para-hydroxylation sites is 2. The van der Waals surface area contributed by atoms with Crippen molar-refractivity contribution in [3.05, 3.63) is 152 Å². The number of hydrogen-bond donors (Lipinski definition) is 0. The van der Waals surface area contributed by atoms with E-state index in [0.29, 0.717) is 0 Å². The zero-order chi connectivity index (χ0) is 29.5. The molecular formula is C42H25NOS.